The highest BCUT2D eigenvalue weighted by molar-refractivity contribution is 5.77. The second kappa shape index (κ2) is 5.29. The Morgan fingerprint density at radius 3 is 2.25 bits per heavy atom. The molecule has 0 amide bonds. The van der Waals surface area contributed by atoms with E-state index < -0.39 is 0 Å². The zero-order valence-corrected chi connectivity index (χ0v) is 11.6. The second-order valence-electron chi connectivity index (χ2n) is 4.65. The van der Waals surface area contributed by atoms with Gasteiger partial charge in [-0.15, -0.1) is 0 Å². The first-order valence-electron chi connectivity index (χ1n) is 6.48. The average Bonchev–Trinajstić information content (AvgIpc) is 2.88. The maximum absolute atomic E-state index is 5.84. The molecule has 0 aliphatic heterocycles. The lowest BCUT2D eigenvalue weighted by Gasteiger charge is -2.07. The monoisotopic (exact) mass is 268 g/mol. The summed E-state index contributed by atoms with van der Waals surface area (Å²) in [7, 11) is 3.31. The van der Waals surface area contributed by atoms with Gasteiger partial charge in [0.05, 0.1) is 14.2 Å². The number of benzene rings is 2. The Hall–Kier alpha value is -2.42. The number of hydrogen-bond acceptors (Lipinski definition) is 3. The zero-order chi connectivity index (χ0) is 13.9. The van der Waals surface area contributed by atoms with E-state index in [1.807, 2.05) is 36.4 Å². The predicted octanol–water partition coefficient (Wildman–Crippen LogP) is 4.04. The van der Waals surface area contributed by atoms with Crippen molar-refractivity contribution in [2.45, 2.75) is 6.42 Å². The van der Waals surface area contributed by atoms with Gasteiger partial charge in [-0.3, -0.25) is 0 Å². The summed E-state index contributed by atoms with van der Waals surface area (Å²) in [6, 6.07) is 15.9. The molecule has 0 bridgehead atoms. The molecule has 0 saturated carbocycles. The highest BCUT2D eigenvalue weighted by Gasteiger charge is 2.07. The number of furan rings is 1. The molecule has 1 aromatic heterocycles. The number of hydrogen-bond donors (Lipinski definition) is 0. The van der Waals surface area contributed by atoms with E-state index in [1.165, 1.54) is 0 Å². The van der Waals surface area contributed by atoms with Crippen molar-refractivity contribution in [1.29, 1.82) is 0 Å². The Morgan fingerprint density at radius 2 is 1.60 bits per heavy atom. The number of methoxy groups -OCH3 is 2. The van der Waals surface area contributed by atoms with Gasteiger partial charge in [-0.1, -0.05) is 18.2 Å². The minimum absolute atomic E-state index is 0.711. The van der Waals surface area contributed by atoms with Crippen LogP contribution in [0, 0.1) is 0 Å². The van der Waals surface area contributed by atoms with Crippen LogP contribution in [0.5, 0.6) is 11.5 Å². The third kappa shape index (κ3) is 2.48. The van der Waals surface area contributed by atoms with Gasteiger partial charge in [0.1, 0.15) is 22.8 Å². The number of para-hydroxylation sites is 1. The van der Waals surface area contributed by atoms with Crippen LogP contribution >= 0.6 is 0 Å². The summed E-state index contributed by atoms with van der Waals surface area (Å²) in [5.74, 6) is 2.51. The van der Waals surface area contributed by atoms with Gasteiger partial charge in [-0.2, -0.15) is 0 Å². The first-order valence-corrected chi connectivity index (χ1v) is 6.48. The molecular formula is C17H16O3. The molecule has 2 aromatic carbocycles. The summed E-state index contributed by atoms with van der Waals surface area (Å²) < 4.78 is 16.4. The van der Waals surface area contributed by atoms with Crippen LogP contribution in [0.3, 0.4) is 0 Å². The molecule has 3 heteroatoms. The lowest BCUT2D eigenvalue weighted by atomic mass is 10.1. The van der Waals surface area contributed by atoms with Gasteiger partial charge in [0, 0.05) is 17.9 Å². The summed E-state index contributed by atoms with van der Waals surface area (Å²) in [5, 5.41) is 1.12. The van der Waals surface area contributed by atoms with Crippen LogP contribution in [0.2, 0.25) is 0 Å². The van der Waals surface area contributed by atoms with Crippen LogP contribution in [0.15, 0.2) is 52.9 Å². The lowest BCUT2D eigenvalue weighted by Crippen LogP contribution is -1.92. The van der Waals surface area contributed by atoms with E-state index in [0.717, 1.165) is 33.8 Å². The fraction of sp³-hybridized carbons (Fsp3) is 0.176. The summed E-state index contributed by atoms with van der Waals surface area (Å²) in [5.41, 5.74) is 2.01. The van der Waals surface area contributed by atoms with Gasteiger partial charge in [0.2, 0.25) is 0 Å². The fourth-order valence-electron chi connectivity index (χ4n) is 2.29. The van der Waals surface area contributed by atoms with E-state index in [0.29, 0.717) is 6.42 Å². The fourth-order valence-corrected chi connectivity index (χ4v) is 2.29. The first-order chi connectivity index (χ1) is 9.78. The van der Waals surface area contributed by atoms with E-state index in [4.69, 9.17) is 13.9 Å². The zero-order valence-electron chi connectivity index (χ0n) is 11.6. The molecule has 0 fully saturated rings. The molecule has 102 valence electrons. The van der Waals surface area contributed by atoms with Gasteiger partial charge in [0.25, 0.3) is 0 Å². The molecular weight excluding hydrogens is 252 g/mol. The normalized spacial score (nSPS) is 10.7. The lowest BCUT2D eigenvalue weighted by molar-refractivity contribution is 0.393. The van der Waals surface area contributed by atoms with Crippen molar-refractivity contribution in [3.05, 3.63) is 59.9 Å². The molecule has 0 spiro atoms. The highest BCUT2D eigenvalue weighted by atomic mass is 16.5. The molecule has 1 heterocycles. The Balaban J connectivity index is 1.93. The largest absolute Gasteiger partial charge is 0.497 e. The summed E-state index contributed by atoms with van der Waals surface area (Å²) in [6.45, 7) is 0. The van der Waals surface area contributed by atoms with Crippen LogP contribution in [-0.2, 0) is 6.42 Å². The first kappa shape index (κ1) is 12.6. The van der Waals surface area contributed by atoms with Crippen molar-refractivity contribution in [3.63, 3.8) is 0 Å². The third-order valence-electron chi connectivity index (χ3n) is 3.27. The molecule has 0 radical (unpaired) electrons. The Morgan fingerprint density at radius 1 is 0.900 bits per heavy atom. The van der Waals surface area contributed by atoms with E-state index in [2.05, 4.69) is 12.1 Å². The quantitative estimate of drug-likeness (QED) is 0.715. The smallest absolute Gasteiger partial charge is 0.134 e. The maximum Gasteiger partial charge on any atom is 0.134 e. The Labute approximate surface area is 117 Å². The molecule has 0 aliphatic rings. The van der Waals surface area contributed by atoms with Crippen molar-refractivity contribution in [1.82, 2.24) is 0 Å². The van der Waals surface area contributed by atoms with Crippen molar-refractivity contribution in [3.8, 4) is 11.5 Å². The minimum atomic E-state index is 0.711. The average molecular weight is 268 g/mol. The predicted molar refractivity (Wildman–Crippen MR) is 78.6 cm³/mol. The molecule has 0 atom stereocenters. The van der Waals surface area contributed by atoms with Gasteiger partial charge >= 0.3 is 0 Å². The molecule has 0 unspecified atom stereocenters. The molecule has 3 aromatic rings. The molecule has 3 rings (SSSR count). The maximum atomic E-state index is 5.84. The highest BCUT2D eigenvalue weighted by Crippen LogP contribution is 2.26. The van der Waals surface area contributed by atoms with Crippen LogP contribution < -0.4 is 9.47 Å². The second-order valence-corrected chi connectivity index (χ2v) is 4.65. The van der Waals surface area contributed by atoms with Crippen molar-refractivity contribution in [2.24, 2.45) is 0 Å². The molecule has 0 saturated heterocycles. The minimum Gasteiger partial charge on any atom is -0.497 e. The molecule has 20 heavy (non-hydrogen) atoms. The molecule has 3 nitrogen and oxygen atoms in total. The third-order valence-corrected chi connectivity index (χ3v) is 3.27. The van der Waals surface area contributed by atoms with E-state index in [1.54, 1.807) is 14.2 Å². The van der Waals surface area contributed by atoms with E-state index >= 15 is 0 Å². The molecule has 0 aliphatic carbocycles. The number of fused-ring (bicyclic) bond motifs is 1. The standard InChI is InChI=1S/C17H16O3/c1-18-14-7-12(8-15(11-14)19-2)9-16-10-13-5-3-4-6-17(13)20-16/h3-8,10-11H,9H2,1-2H3. The van der Waals surface area contributed by atoms with Gasteiger partial charge < -0.3 is 13.9 Å². The summed E-state index contributed by atoms with van der Waals surface area (Å²) in [4.78, 5) is 0. The molecule has 0 N–H and O–H groups in total. The van der Waals surface area contributed by atoms with E-state index in [-0.39, 0.29) is 0 Å². The Kier molecular flexibility index (Phi) is 3.33. The van der Waals surface area contributed by atoms with E-state index in [9.17, 15) is 0 Å². The van der Waals surface area contributed by atoms with Crippen molar-refractivity contribution in [2.75, 3.05) is 14.2 Å². The summed E-state index contributed by atoms with van der Waals surface area (Å²) in [6.07, 6.45) is 0.711. The van der Waals surface area contributed by atoms with Crippen LogP contribution in [0.1, 0.15) is 11.3 Å². The number of rotatable bonds is 4. The van der Waals surface area contributed by atoms with Crippen molar-refractivity contribution >= 4 is 11.0 Å². The topological polar surface area (TPSA) is 31.6 Å². The van der Waals surface area contributed by atoms with Gasteiger partial charge in [-0.25, -0.2) is 0 Å². The van der Waals surface area contributed by atoms with Crippen LogP contribution in [0.4, 0.5) is 0 Å². The SMILES string of the molecule is COc1cc(Cc2cc3ccccc3o2)cc(OC)c1. The van der Waals surface area contributed by atoms with Crippen molar-refractivity contribution < 1.29 is 13.9 Å². The van der Waals surface area contributed by atoms with Crippen LogP contribution in [-0.4, -0.2) is 14.2 Å². The van der Waals surface area contributed by atoms with Gasteiger partial charge in [-0.05, 0) is 29.8 Å². The summed E-state index contributed by atoms with van der Waals surface area (Å²) >= 11 is 0. The van der Waals surface area contributed by atoms with Crippen LogP contribution in [0.25, 0.3) is 11.0 Å². The Bertz CT molecular complexity index is 673. The van der Waals surface area contributed by atoms with Gasteiger partial charge in [0.15, 0.2) is 0 Å². The number of ether oxygens (including phenoxy) is 2.